The predicted octanol–water partition coefficient (Wildman–Crippen LogP) is 3.96. The zero-order valence-electron chi connectivity index (χ0n) is 17.4. The number of aromatic nitrogens is 2. The van der Waals surface area contributed by atoms with Crippen LogP contribution in [-0.4, -0.2) is 34.4 Å². The normalized spacial score (nSPS) is 11.8. The number of rotatable bonds is 9. The minimum absolute atomic E-state index is 0. The molecule has 1 heterocycles. The van der Waals surface area contributed by atoms with Gasteiger partial charge in [0, 0.05) is 32.0 Å². The van der Waals surface area contributed by atoms with E-state index < -0.39 is 0 Å². The Morgan fingerprint density at radius 2 is 1.96 bits per heavy atom. The van der Waals surface area contributed by atoms with Gasteiger partial charge in [0.25, 0.3) is 0 Å². The molecule has 28 heavy (non-hydrogen) atoms. The fourth-order valence-corrected chi connectivity index (χ4v) is 2.51. The second kappa shape index (κ2) is 12.8. The lowest BCUT2D eigenvalue weighted by Gasteiger charge is -2.19. The summed E-state index contributed by atoms with van der Waals surface area (Å²) >= 11 is 0. The molecular formula is C21H34IN5O. The quantitative estimate of drug-likeness (QED) is 0.237. The zero-order chi connectivity index (χ0) is 19.5. The van der Waals surface area contributed by atoms with E-state index in [2.05, 4.69) is 67.7 Å². The molecule has 0 aliphatic heterocycles. The summed E-state index contributed by atoms with van der Waals surface area (Å²) < 4.78 is 7.80. The third kappa shape index (κ3) is 10.1. The number of guanidine groups is 1. The topological polar surface area (TPSA) is 63.5 Å². The molecule has 1 aromatic heterocycles. The van der Waals surface area contributed by atoms with Gasteiger partial charge in [0.1, 0.15) is 0 Å². The number of nitrogens with zero attached hydrogens (tertiary/aromatic N) is 3. The van der Waals surface area contributed by atoms with E-state index in [0.29, 0.717) is 13.2 Å². The zero-order valence-corrected chi connectivity index (χ0v) is 19.8. The maximum atomic E-state index is 5.86. The summed E-state index contributed by atoms with van der Waals surface area (Å²) in [5.74, 6) is 0.842. The first-order chi connectivity index (χ1) is 13.0. The molecule has 0 aliphatic rings. The summed E-state index contributed by atoms with van der Waals surface area (Å²) in [6.45, 7) is 12.1. The van der Waals surface area contributed by atoms with Gasteiger partial charge in [-0.25, -0.2) is 4.99 Å². The van der Waals surface area contributed by atoms with Crippen molar-refractivity contribution in [2.75, 3.05) is 13.1 Å². The van der Waals surface area contributed by atoms with Gasteiger partial charge < -0.3 is 15.4 Å². The SMILES string of the molecule is CCNC(=NCc1cccc(COC(C)(C)C)c1)NCCCn1cccn1.I. The molecule has 1 aromatic carbocycles. The molecule has 156 valence electrons. The first-order valence-corrected chi connectivity index (χ1v) is 9.67. The van der Waals surface area contributed by atoms with Crippen molar-refractivity contribution < 1.29 is 4.74 Å². The van der Waals surface area contributed by atoms with Gasteiger partial charge in [-0.15, -0.1) is 24.0 Å². The first kappa shape index (κ1) is 24.4. The highest BCUT2D eigenvalue weighted by molar-refractivity contribution is 14.0. The third-order valence-electron chi connectivity index (χ3n) is 3.84. The highest BCUT2D eigenvalue weighted by Crippen LogP contribution is 2.13. The number of aryl methyl sites for hydroxylation is 1. The number of hydrogen-bond acceptors (Lipinski definition) is 3. The molecule has 2 aromatic rings. The van der Waals surface area contributed by atoms with Crippen LogP contribution in [0.4, 0.5) is 0 Å². The average Bonchev–Trinajstić information content (AvgIpc) is 3.15. The predicted molar refractivity (Wildman–Crippen MR) is 126 cm³/mol. The number of hydrogen-bond donors (Lipinski definition) is 2. The van der Waals surface area contributed by atoms with Gasteiger partial charge in [-0.2, -0.15) is 5.10 Å². The molecule has 0 radical (unpaired) electrons. The lowest BCUT2D eigenvalue weighted by molar-refractivity contribution is -0.0149. The molecule has 2 N–H and O–H groups in total. The molecule has 0 spiro atoms. The standard InChI is InChI=1S/C21H33N5O.HI/c1-5-22-20(23-11-7-13-26-14-8-12-25-26)24-16-18-9-6-10-19(15-18)17-27-21(2,3)4;/h6,8-10,12,14-15H,5,7,11,13,16-17H2,1-4H3,(H2,22,23,24);1H. The molecule has 0 fully saturated rings. The number of benzene rings is 1. The Hall–Kier alpha value is -1.61. The van der Waals surface area contributed by atoms with Crippen LogP contribution in [0.2, 0.25) is 0 Å². The van der Waals surface area contributed by atoms with Crippen molar-refractivity contribution in [3.63, 3.8) is 0 Å². The smallest absolute Gasteiger partial charge is 0.191 e. The van der Waals surface area contributed by atoms with Crippen molar-refractivity contribution in [3.05, 3.63) is 53.9 Å². The van der Waals surface area contributed by atoms with Crippen molar-refractivity contribution in [1.82, 2.24) is 20.4 Å². The molecule has 6 nitrogen and oxygen atoms in total. The molecule has 0 saturated heterocycles. The molecule has 0 unspecified atom stereocenters. The summed E-state index contributed by atoms with van der Waals surface area (Å²) in [6, 6.07) is 10.4. The number of aliphatic imine (C=N–C) groups is 1. The summed E-state index contributed by atoms with van der Waals surface area (Å²) in [5, 5.41) is 10.9. The summed E-state index contributed by atoms with van der Waals surface area (Å²) in [4.78, 5) is 4.70. The number of nitrogens with one attached hydrogen (secondary N) is 2. The van der Waals surface area contributed by atoms with Gasteiger partial charge in [0.15, 0.2) is 5.96 Å². The monoisotopic (exact) mass is 499 g/mol. The van der Waals surface area contributed by atoms with E-state index >= 15 is 0 Å². The largest absolute Gasteiger partial charge is 0.371 e. The molecule has 0 aliphatic carbocycles. The van der Waals surface area contributed by atoms with Gasteiger partial charge >= 0.3 is 0 Å². The van der Waals surface area contributed by atoms with E-state index in [1.807, 2.05) is 16.9 Å². The van der Waals surface area contributed by atoms with Gasteiger partial charge in [-0.1, -0.05) is 24.3 Å². The van der Waals surface area contributed by atoms with E-state index in [9.17, 15) is 0 Å². The second-order valence-corrected chi connectivity index (χ2v) is 7.47. The highest BCUT2D eigenvalue weighted by atomic mass is 127. The van der Waals surface area contributed by atoms with Crippen molar-refractivity contribution in [1.29, 1.82) is 0 Å². The summed E-state index contributed by atoms with van der Waals surface area (Å²) in [7, 11) is 0. The molecule has 0 atom stereocenters. The maximum Gasteiger partial charge on any atom is 0.191 e. The maximum absolute atomic E-state index is 5.86. The van der Waals surface area contributed by atoms with Crippen molar-refractivity contribution in [2.45, 2.75) is 59.4 Å². The van der Waals surface area contributed by atoms with Crippen LogP contribution in [0.25, 0.3) is 0 Å². The van der Waals surface area contributed by atoms with Crippen LogP contribution >= 0.6 is 24.0 Å². The number of halogens is 1. The van der Waals surface area contributed by atoms with E-state index in [1.165, 1.54) is 11.1 Å². The van der Waals surface area contributed by atoms with Crippen LogP contribution in [0.5, 0.6) is 0 Å². The molecule has 0 bridgehead atoms. The molecule has 2 rings (SSSR count). The summed E-state index contributed by atoms with van der Waals surface area (Å²) in [5.41, 5.74) is 2.22. The lowest BCUT2D eigenvalue weighted by Crippen LogP contribution is -2.38. The van der Waals surface area contributed by atoms with Gasteiger partial charge in [0.05, 0.1) is 18.8 Å². The van der Waals surface area contributed by atoms with Gasteiger partial charge in [0.2, 0.25) is 0 Å². The Balaban J connectivity index is 0.00000392. The van der Waals surface area contributed by atoms with E-state index in [4.69, 9.17) is 9.73 Å². The Bertz CT molecular complexity index is 695. The Morgan fingerprint density at radius 3 is 2.64 bits per heavy atom. The van der Waals surface area contributed by atoms with Gasteiger partial charge in [-0.05, 0) is 51.3 Å². The van der Waals surface area contributed by atoms with E-state index in [0.717, 1.165) is 32.0 Å². The average molecular weight is 499 g/mol. The van der Waals surface area contributed by atoms with Crippen LogP contribution in [0.1, 0.15) is 45.2 Å². The molecule has 7 heteroatoms. The van der Waals surface area contributed by atoms with Crippen LogP contribution in [0.3, 0.4) is 0 Å². The second-order valence-electron chi connectivity index (χ2n) is 7.47. The van der Waals surface area contributed by atoms with Gasteiger partial charge in [-0.3, -0.25) is 4.68 Å². The van der Waals surface area contributed by atoms with Crippen LogP contribution in [0.15, 0.2) is 47.7 Å². The fourth-order valence-electron chi connectivity index (χ4n) is 2.51. The van der Waals surface area contributed by atoms with Crippen molar-refractivity contribution in [3.8, 4) is 0 Å². The Kier molecular flexibility index (Phi) is 11.1. The third-order valence-corrected chi connectivity index (χ3v) is 3.84. The minimum Gasteiger partial charge on any atom is -0.371 e. The lowest BCUT2D eigenvalue weighted by atomic mass is 10.1. The Labute approximate surface area is 186 Å². The van der Waals surface area contributed by atoms with Crippen LogP contribution in [0, 0.1) is 0 Å². The van der Waals surface area contributed by atoms with E-state index in [-0.39, 0.29) is 29.6 Å². The van der Waals surface area contributed by atoms with Crippen molar-refractivity contribution >= 4 is 29.9 Å². The molecule has 0 amide bonds. The first-order valence-electron chi connectivity index (χ1n) is 9.67. The molecular weight excluding hydrogens is 465 g/mol. The Morgan fingerprint density at radius 1 is 1.18 bits per heavy atom. The highest BCUT2D eigenvalue weighted by Gasteiger charge is 2.10. The van der Waals surface area contributed by atoms with Crippen LogP contribution in [-0.2, 0) is 24.4 Å². The summed E-state index contributed by atoms with van der Waals surface area (Å²) in [6.07, 6.45) is 4.78. The fraction of sp³-hybridized carbons (Fsp3) is 0.524. The number of ether oxygens (including phenoxy) is 1. The van der Waals surface area contributed by atoms with Crippen LogP contribution < -0.4 is 10.6 Å². The minimum atomic E-state index is -0.132. The molecule has 0 saturated carbocycles. The van der Waals surface area contributed by atoms with Crippen molar-refractivity contribution in [2.24, 2.45) is 4.99 Å². The van der Waals surface area contributed by atoms with E-state index in [1.54, 1.807) is 6.20 Å².